The molecule has 2 aromatic rings. The third-order valence-corrected chi connectivity index (χ3v) is 5.32. The topological polar surface area (TPSA) is 75.6 Å². The largest absolute Gasteiger partial charge is 0.508 e. The molecule has 0 aromatic heterocycles. The Morgan fingerprint density at radius 3 is 2.37 bits per heavy atom. The van der Waals surface area contributed by atoms with Gasteiger partial charge in [-0.25, -0.2) is 13.1 Å². The molecular weight excluding hydrogens is 407 g/mol. The van der Waals surface area contributed by atoms with E-state index in [1.807, 2.05) is 0 Å². The second-order valence-electron chi connectivity index (χ2n) is 5.70. The zero-order valence-corrected chi connectivity index (χ0v) is 15.7. The first-order valence-electron chi connectivity index (χ1n) is 7.79. The number of aromatic hydroxyl groups is 1. The van der Waals surface area contributed by atoms with E-state index in [4.69, 9.17) is 16.3 Å². The van der Waals surface area contributed by atoms with Gasteiger partial charge in [0.15, 0.2) is 0 Å². The zero-order chi connectivity index (χ0) is 20.2. The molecule has 0 aliphatic rings. The van der Waals surface area contributed by atoms with Crippen molar-refractivity contribution in [1.29, 1.82) is 0 Å². The smallest absolute Gasteiger partial charge is 0.416 e. The molecule has 5 nitrogen and oxygen atoms in total. The first-order chi connectivity index (χ1) is 12.5. The standard InChI is InChI=1S/C17H17ClF3NO4S/c1-11-9-13(23)10-15(18)16(11)26-8-2-7-22-27(24,25)14-5-3-12(4-6-14)17(19,20)21/h3-6,9-10,22-23H,2,7-8H2,1H3. The Bertz CT molecular complexity index is 876. The Hall–Kier alpha value is -1.97. The maximum absolute atomic E-state index is 12.5. The molecule has 0 aliphatic heterocycles. The van der Waals surface area contributed by atoms with E-state index in [2.05, 4.69) is 4.72 Å². The molecule has 0 spiro atoms. The van der Waals surface area contributed by atoms with Gasteiger partial charge in [-0.05, 0) is 49.2 Å². The van der Waals surface area contributed by atoms with Crippen LogP contribution >= 0.6 is 11.6 Å². The Balaban J connectivity index is 1.88. The van der Waals surface area contributed by atoms with Crippen LogP contribution in [0.5, 0.6) is 11.5 Å². The van der Waals surface area contributed by atoms with Crippen molar-refractivity contribution in [3.05, 3.63) is 52.5 Å². The summed E-state index contributed by atoms with van der Waals surface area (Å²) in [7, 11) is -3.92. The van der Waals surface area contributed by atoms with Crippen LogP contribution in [0.2, 0.25) is 5.02 Å². The van der Waals surface area contributed by atoms with E-state index >= 15 is 0 Å². The molecule has 0 amide bonds. The summed E-state index contributed by atoms with van der Waals surface area (Å²) in [6.45, 7) is 1.88. The van der Waals surface area contributed by atoms with Crippen molar-refractivity contribution in [1.82, 2.24) is 4.72 Å². The Labute approximate surface area is 159 Å². The number of ether oxygens (including phenoxy) is 1. The molecule has 0 fully saturated rings. The monoisotopic (exact) mass is 423 g/mol. The lowest BCUT2D eigenvalue weighted by Crippen LogP contribution is -2.26. The molecule has 27 heavy (non-hydrogen) atoms. The Morgan fingerprint density at radius 2 is 1.81 bits per heavy atom. The number of aryl methyl sites for hydroxylation is 1. The molecule has 0 heterocycles. The van der Waals surface area contributed by atoms with Crippen molar-refractivity contribution < 1.29 is 31.4 Å². The summed E-state index contributed by atoms with van der Waals surface area (Å²) in [6.07, 6.45) is -4.22. The molecule has 0 unspecified atom stereocenters. The molecule has 2 rings (SSSR count). The highest BCUT2D eigenvalue weighted by atomic mass is 35.5. The third-order valence-electron chi connectivity index (χ3n) is 3.57. The molecule has 2 aromatic carbocycles. The van der Waals surface area contributed by atoms with Crippen LogP contribution in [0.3, 0.4) is 0 Å². The van der Waals surface area contributed by atoms with Gasteiger partial charge >= 0.3 is 6.18 Å². The van der Waals surface area contributed by atoms with Gasteiger partial charge in [-0.2, -0.15) is 13.2 Å². The number of phenolic OH excluding ortho intramolecular Hbond substituents is 1. The van der Waals surface area contributed by atoms with Crippen LogP contribution in [0, 0.1) is 6.92 Å². The van der Waals surface area contributed by atoms with E-state index in [9.17, 15) is 26.7 Å². The number of hydrogen-bond acceptors (Lipinski definition) is 4. The van der Waals surface area contributed by atoms with Crippen LogP contribution in [0.25, 0.3) is 0 Å². The maximum Gasteiger partial charge on any atom is 0.416 e. The first kappa shape index (κ1) is 21.3. The van der Waals surface area contributed by atoms with E-state index in [0.29, 0.717) is 29.9 Å². The van der Waals surface area contributed by atoms with Gasteiger partial charge in [0.2, 0.25) is 10.0 Å². The molecule has 0 bridgehead atoms. The van der Waals surface area contributed by atoms with E-state index in [-0.39, 0.29) is 28.8 Å². The molecule has 0 saturated carbocycles. The molecule has 2 N–H and O–H groups in total. The summed E-state index contributed by atoms with van der Waals surface area (Å²) in [5.74, 6) is 0.397. The van der Waals surface area contributed by atoms with Crippen LogP contribution in [-0.4, -0.2) is 26.7 Å². The maximum atomic E-state index is 12.5. The normalized spacial score (nSPS) is 12.2. The molecular formula is C17H17ClF3NO4S. The summed E-state index contributed by atoms with van der Waals surface area (Å²) < 4.78 is 69.5. The number of nitrogens with one attached hydrogen (secondary N) is 1. The average Bonchev–Trinajstić information content (AvgIpc) is 2.55. The fourth-order valence-corrected chi connectivity index (χ4v) is 3.64. The minimum atomic E-state index is -4.53. The summed E-state index contributed by atoms with van der Waals surface area (Å²) in [5.41, 5.74) is -0.290. The highest BCUT2D eigenvalue weighted by molar-refractivity contribution is 7.89. The van der Waals surface area contributed by atoms with Crippen LogP contribution in [0.4, 0.5) is 13.2 Å². The molecule has 0 aliphatic carbocycles. The molecule has 10 heteroatoms. The quantitative estimate of drug-likeness (QED) is 0.657. The highest BCUT2D eigenvalue weighted by Gasteiger charge is 2.30. The van der Waals surface area contributed by atoms with Crippen molar-refractivity contribution in [3.8, 4) is 11.5 Å². The van der Waals surface area contributed by atoms with Gasteiger partial charge < -0.3 is 9.84 Å². The molecule has 148 valence electrons. The number of alkyl halides is 3. The van der Waals surface area contributed by atoms with Gasteiger partial charge in [0.1, 0.15) is 11.5 Å². The SMILES string of the molecule is Cc1cc(O)cc(Cl)c1OCCCNS(=O)(=O)c1ccc(C(F)(F)F)cc1. The van der Waals surface area contributed by atoms with Gasteiger partial charge in [-0.15, -0.1) is 0 Å². The fraction of sp³-hybridized carbons (Fsp3) is 0.294. The Morgan fingerprint density at radius 1 is 1.19 bits per heavy atom. The van der Waals surface area contributed by atoms with E-state index in [0.717, 1.165) is 12.1 Å². The van der Waals surface area contributed by atoms with Crippen molar-refractivity contribution in [2.45, 2.75) is 24.4 Å². The summed E-state index contributed by atoms with van der Waals surface area (Å²) in [6, 6.07) is 6.05. The minimum Gasteiger partial charge on any atom is -0.508 e. The van der Waals surface area contributed by atoms with Crippen LogP contribution in [-0.2, 0) is 16.2 Å². The number of hydrogen-bond donors (Lipinski definition) is 2. The number of benzene rings is 2. The lowest BCUT2D eigenvalue weighted by molar-refractivity contribution is -0.137. The first-order valence-corrected chi connectivity index (χ1v) is 9.65. The van der Waals surface area contributed by atoms with Gasteiger partial charge in [0.05, 0.1) is 22.1 Å². The Kier molecular flexibility index (Phi) is 6.61. The number of rotatable bonds is 7. The van der Waals surface area contributed by atoms with Crippen molar-refractivity contribution in [2.75, 3.05) is 13.2 Å². The second-order valence-corrected chi connectivity index (χ2v) is 7.87. The minimum absolute atomic E-state index is 0.00847. The van der Waals surface area contributed by atoms with Crippen molar-refractivity contribution >= 4 is 21.6 Å². The number of sulfonamides is 1. The second kappa shape index (κ2) is 8.37. The number of phenols is 1. The van der Waals surface area contributed by atoms with Crippen LogP contribution in [0.1, 0.15) is 17.5 Å². The third kappa shape index (κ3) is 5.75. The van der Waals surface area contributed by atoms with Gasteiger partial charge in [0.25, 0.3) is 0 Å². The summed E-state index contributed by atoms with van der Waals surface area (Å²) >= 11 is 5.97. The predicted molar refractivity (Wildman–Crippen MR) is 94.6 cm³/mol. The fourth-order valence-electron chi connectivity index (χ4n) is 2.25. The molecule has 0 saturated heterocycles. The zero-order valence-electron chi connectivity index (χ0n) is 14.2. The van der Waals surface area contributed by atoms with Crippen LogP contribution in [0.15, 0.2) is 41.3 Å². The van der Waals surface area contributed by atoms with Crippen LogP contribution < -0.4 is 9.46 Å². The van der Waals surface area contributed by atoms with Gasteiger partial charge in [-0.3, -0.25) is 0 Å². The van der Waals surface area contributed by atoms with E-state index in [1.165, 1.54) is 12.1 Å². The summed E-state index contributed by atoms with van der Waals surface area (Å²) in [5, 5.41) is 9.64. The van der Waals surface area contributed by atoms with E-state index < -0.39 is 21.8 Å². The van der Waals surface area contributed by atoms with E-state index in [1.54, 1.807) is 6.92 Å². The lowest BCUT2D eigenvalue weighted by Gasteiger charge is -2.12. The van der Waals surface area contributed by atoms with Crippen molar-refractivity contribution in [3.63, 3.8) is 0 Å². The van der Waals surface area contributed by atoms with Crippen molar-refractivity contribution in [2.24, 2.45) is 0 Å². The van der Waals surface area contributed by atoms with Gasteiger partial charge in [0, 0.05) is 12.6 Å². The average molecular weight is 424 g/mol. The van der Waals surface area contributed by atoms with Gasteiger partial charge in [-0.1, -0.05) is 11.6 Å². The lowest BCUT2D eigenvalue weighted by atomic mass is 10.2. The predicted octanol–water partition coefficient (Wildman–Crippen LogP) is 4.12. The molecule has 0 radical (unpaired) electrons. The highest BCUT2D eigenvalue weighted by Crippen LogP contribution is 2.32. The number of halogens is 4. The molecule has 0 atom stereocenters. The summed E-state index contributed by atoms with van der Waals surface area (Å²) in [4.78, 5) is -0.256.